The molecule has 122 valence electrons. The largest absolute Gasteiger partial charge is 0.348 e. The summed E-state index contributed by atoms with van der Waals surface area (Å²) in [5, 5.41) is 6.42. The number of benzene rings is 2. The van der Waals surface area contributed by atoms with Crippen LogP contribution < -0.4 is 5.32 Å². The molecule has 0 aliphatic rings. The van der Waals surface area contributed by atoms with Crippen LogP contribution in [-0.2, 0) is 17.8 Å². The fraction of sp³-hybridized carbons (Fsp3) is 0.118. The van der Waals surface area contributed by atoms with E-state index in [4.69, 9.17) is 4.52 Å². The number of hydrogen-bond donors (Lipinski definition) is 1. The Morgan fingerprint density at radius 3 is 2.29 bits per heavy atom. The standard InChI is InChI=1S/C17H13F2N3O2/c18-13-5-1-11(2-6-13)9-16(23)20-10-15-21-17(24-22-15)12-3-7-14(19)8-4-12/h1-8H,9-10H2,(H,20,23). The van der Waals surface area contributed by atoms with E-state index in [1.54, 1.807) is 12.1 Å². The predicted molar refractivity (Wildman–Crippen MR) is 81.6 cm³/mol. The first-order chi connectivity index (χ1) is 11.6. The fourth-order valence-corrected chi connectivity index (χ4v) is 2.06. The van der Waals surface area contributed by atoms with Crippen molar-refractivity contribution < 1.29 is 18.1 Å². The van der Waals surface area contributed by atoms with Crippen molar-refractivity contribution in [3.63, 3.8) is 0 Å². The molecule has 0 atom stereocenters. The quantitative estimate of drug-likeness (QED) is 0.781. The van der Waals surface area contributed by atoms with Crippen LogP contribution in [0.5, 0.6) is 0 Å². The van der Waals surface area contributed by atoms with E-state index in [0.29, 0.717) is 17.0 Å². The molecule has 7 heteroatoms. The molecule has 24 heavy (non-hydrogen) atoms. The first-order valence-corrected chi connectivity index (χ1v) is 7.20. The zero-order valence-electron chi connectivity index (χ0n) is 12.5. The molecule has 2 aromatic carbocycles. The van der Waals surface area contributed by atoms with Gasteiger partial charge in [-0.2, -0.15) is 4.98 Å². The summed E-state index contributed by atoms with van der Waals surface area (Å²) >= 11 is 0. The third-order valence-corrected chi connectivity index (χ3v) is 3.28. The average Bonchev–Trinajstić information content (AvgIpc) is 3.05. The van der Waals surface area contributed by atoms with Gasteiger partial charge in [0.2, 0.25) is 5.91 Å². The average molecular weight is 329 g/mol. The second kappa shape index (κ2) is 6.99. The molecule has 1 aromatic heterocycles. The van der Waals surface area contributed by atoms with Crippen molar-refractivity contribution >= 4 is 5.91 Å². The molecular weight excluding hydrogens is 316 g/mol. The van der Waals surface area contributed by atoms with Gasteiger partial charge < -0.3 is 9.84 Å². The van der Waals surface area contributed by atoms with Crippen LogP contribution in [-0.4, -0.2) is 16.0 Å². The van der Waals surface area contributed by atoms with Gasteiger partial charge in [0.15, 0.2) is 5.82 Å². The summed E-state index contributed by atoms with van der Waals surface area (Å²) in [6.07, 6.45) is 0.128. The van der Waals surface area contributed by atoms with Gasteiger partial charge in [-0.25, -0.2) is 8.78 Å². The van der Waals surface area contributed by atoms with Crippen molar-refractivity contribution in [2.24, 2.45) is 0 Å². The van der Waals surface area contributed by atoms with E-state index >= 15 is 0 Å². The molecule has 3 rings (SSSR count). The molecular formula is C17H13F2N3O2. The van der Waals surface area contributed by atoms with Crippen LogP contribution in [0.4, 0.5) is 8.78 Å². The van der Waals surface area contributed by atoms with Crippen molar-refractivity contribution in [2.75, 3.05) is 0 Å². The zero-order valence-corrected chi connectivity index (χ0v) is 12.5. The normalized spacial score (nSPS) is 10.6. The smallest absolute Gasteiger partial charge is 0.257 e. The molecule has 0 unspecified atom stereocenters. The summed E-state index contributed by atoms with van der Waals surface area (Å²) in [4.78, 5) is 16.0. The highest BCUT2D eigenvalue weighted by Gasteiger charge is 2.10. The van der Waals surface area contributed by atoms with Crippen LogP contribution in [0.3, 0.4) is 0 Å². The maximum Gasteiger partial charge on any atom is 0.257 e. The van der Waals surface area contributed by atoms with Gasteiger partial charge in [0.05, 0.1) is 13.0 Å². The van der Waals surface area contributed by atoms with Crippen LogP contribution in [0, 0.1) is 11.6 Å². The Morgan fingerprint density at radius 2 is 1.62 bits per heavy atom. The van der Waals surface area contributed by atoms with Gasteiger partial charge in [0.1, 0.15) is 11.6 Å². The second-order valence-electron chi connectivity index (χ2n) is 5.10. The molecule has 0 spiro atoms. The summed E-state index contributed by atoms with van der Waals surface area (Å²) in [6, 6.07) is 11.4. The summed E-state index contributed by atoms with van der Waals surface area (Å²) in [5.41, 5.74) is 1.29. The summed E-state index contributed by atoms with van der Waals surface area (Å²) in [5.74, 6) is -0.389. The number of aromatic nitrogens is 2. The van der Waals surface area contributed by atoms with Crippen molar-refractivity contribution in [2.45, 2.75) is 13.0 Å². The van der Waals surface area contributed by atoms with E-state index in [0.717, 1.165) is 0 Å². The zero-order chi connectivity index (χ0) is 16.9. The number of rotatable bonds is 5. The Labute approximate surface area is 136 Å². The highest BCUT2D eigenvalue weighted by Crippen LogP contribution is 2.17. The first kappa shape index (κ1) is 15.8. The predicted octanol–water partition coefficient (Wildman–Crippen LogP) is 2.87. The van der Waals surface area contributed by atoms with Gasteiger partial charge in [-0.1, -0.05) is 17.3 Å². The lowest BCUT2D eigenvalue weighted by Crippen LogP contribution is -2.25. The van der Waals surface area contributed by atoms with Crippen molar-refractivity contribution in [1.82, 2.24) is 15.5 Å². The number of carbonyl (C=O) groups excluding carboxylic acids is 1. The highest BCUT2D eigenvalue weighted by molar-refractivity contribution is 5.78. The van der Waals surface area contributed by atoms with E-state index in [2.05, 4.69) is 15.5 Å². The Kier molecular flexibility index (Phi) is 4.60. The van der Waals surface area contributed by atoms with Crippen LogP contribution in [0.15, 0.2) is 53.1 Å². The van der Waals surface area contributed by atoms with Crippen molar-refractivity contribution in [3.05, 3.63) is 71.6 Å². The topological polar surface area (TPSA) is 68.0 Å². The van der Waals surface area contributed by atoms with Crippen LogP contribution in [0.1, 0.15) is 11.4 Å². The molecule has 5 nitrogen and oxygen atoms in total. The van der Waals surface area contributed by atoms with E-state index in [9.17, 15) is 13.6 Å². The molecule has 0 aliphatic heterocycles. The number of amides is 1. The van der Waals surface area contributed by atoms with Crippen molar-refractivity contribution in [1.29, 1.82) is 0 Å². The van der Waals surface area contributed by atoms with Gasteiger partial charge in [0.25, 0.3) is 5.89 Å². The molecule has 1 amide bonds. The minimum Gasteiger partial charge on any atom is -0.348 e. The molecule has 3 aromatic rings. The molecule has 1 heterocycles. The lowest BCUT2D eigenvalue weighted by molar-refractivity contribution is -0.120. The Morgan fingerprint density at radius 1 is 1.00 bits per heavy atom. The minimum absolute atomic E-state index is 0.102. The van der Waals surface area contributed by atoms with Crippen LogP contribution in [0.25, 0.3) is 11.5 Å². The number of nitrogens with one attached hydrogen (secondary N) is 1. The molecule has 0 aliphatic carbocycles. The van der Waals surface area contributed by atoms with E-state index < -0.39 is 0 Å². The third kappa shape index (κ3) is 4.01. The maximum absolute atomic E-state index is 12.9. The van der Waals surface area contributed by atoms with E-state index in [-0.39, 0.29) is 36.4 Å². The number of carbonyl (C=O) groups is 1. The Balaban J connectivity index is 1.56. The van der Waals surface area contributed by atoms with Gasteiger partial charge in [-0.15, -0.1) is 0 Å². The Bertz CT molecular complexity index is 830. The van der Waals surface area contributed by atoms with E-state index in [1.165, 1.54) is 36.4 Å². The molecule has 0 bridgehead atoms. The van der Waals surface area contributed by atoms with Crippen LogP contribution >= 0.6 is 0 Å². The SMILES string of the molecule is O=C(Cc1ccc(F)cc1)NCc1noc(-c2ccc(F)cc2)n1. The highest BCUT2D eigenvalue weighted by atomic mass is 19.1. The third-order valence-electron chi connectivity index (χ3n) is 3.28. The number of hydrogen-bond acceptors (Lipinski definition) is 4. The van der Waals surface area contributed by atoms with Gasteiger partial charge >= 0.3 is 0 Å². The second-order valence-corrected chi connectivity index (χ2v) is 5.10. The van der Waals surface area contributed by atoms with Crippen LogP contribution in [0.2, 0.25) is 0 Å². The Hall–Kier alpha value is -3.09. The molecule has 0 radical (unpaired) electrons. The van der Waals surface area contributed by atoms with Crippen molar-refractivity contribution in [3.8, 4) is 11.5 Å². The first-order valence-electron chi connectivity index (χ1n) is 7.20. The lowest BCUT2D eigenvalue weighted by atomic mass is 10.1. The summed E-state index contributed by atoms with van der Waals surface area (Å²) < 4.78 is 30.8. The number of halogens is 2. The van der Waals surface area contributed by atoms with E-state index in [1.807, 2.05) is 0 Å². The van der Waals surface area contributed by atoms with Gasteiger partial charge in [0, 0.05) is 5.56 Å². The van der Waals surface area contributed by atoms with Gasteiger partial charge in [-0.05, 0) is 42.0 Å². The monoisotopic (exact) mass is 329 g/mol. The number of nitrogens with zero attached hydrogens (tertiary/aromatic N) is 2. The maximum atomic E-state index is 12.9. The molecule has 0 fully saturated rings. The fourth-order valence-electron chi connectivity index (χ4n) is 2.06. The summed E-state index contributed by atoms with van der Waals surface area (Å²) in [6.45, 7) is 0.102. The molecule has 0 saturated carbocycles. The molecule has 0 saturated heterocycles. The summed E-state index contributed by atoms with van der Waals surface area (Å²) in [7, 11) is 0. The lowest BCUT2D eigenvalue weighted by Gasteiger charge is -2.02. The minimum atomic E-state index is -0.355. The van der Waals surface area contributed by atoms with Gasteiger partial charge in [-0.3, -0.25) is 4.79 Å². The molecule has 1 N–H and O–H groups in total.